The minimum Gasteiger partial charge on any atom is -0.497 e. The van der Waals surface area contributed by atoms with E-state index in [0.717, 1.165) is 31.4 Å². The summed E-state index contributed by atoms with van der Waals surface area (Å²) in [4.78, 5) is 12.5. The summed E-state index contributed by atoms with van der Waals surface area (Å²) in [6.45, 7) is 8.99. The molecule has 2 saturated carbocycles. The zero-order valence-corrected chi connectivity index (χ0v) is 14.4. The van der Waals surface area contributed by atoms with E-state index in [4.69, 9.17) is 4.74 Å². The highest BCUT2D eigenvalue weighted by Gasteiger charge is 2.57. The van der Waals surface area contributed by atoms with Crippen molar-refractivity contribution in [2.24, 2.45) is 23.2 Å². The summed E-state index contributed by atoms with van der Waals surface area (Å²) in [5.41, 5.74) is 3.95. The maximum absolute atomic E-state index is 12.5. The number of Topliss-reactive ketones (excluding diaryl/α,β-unsaturated/α-hetero) is 1. The lowest BCUT2D eigenvalue weighted by Crippen LogP contribution is -2.46. The number of benzene rings is 1. The highest BCUT2D eigenvalue weighted by Crippen LogP contribution is 2.62. The summed E-state index contributed by atoms with van der Waals surface area (Å²) in [5, 5.41) is 0. The van der Waals surface area contributed by atoms with Crippen LogP contribution in [0, 0.1) is 23.2 Å². The monoisotopic (exact) mass is 310 g/mol. The standard InChI is InChI=1S/C21H26O2/c1-12-9-14-10-15(23-4)5-6-16(14)19-13(2)11-21(3)17(20(12)19)7-8-18(21)22/h5-6,10,12,17,19-20H,2,7-9,11H2,1,3-4H3/t12?,17-,19+,20-,21-/m0/s1. The maximum Gasteiger partial charge on any atom is 0.139 e. The van der Waals surface area contributed by atoms with Gasteiger partial charge in [-0.05, 0) is 60.3 Å². The molecule has 1 aromatic rings. The largest absolute Gasteiger partial charge is 0.497 e. The van der Waals surface area contributed by atoms with Gasteiger partial charge in [0.2, 0.25) is 0 Å². The van der Waals surface area contributed by atoms with Gasteiger partial charge in [-0.2, -0.15) is 0 Å². The van der Waals surface area contributed by atoms with Crippen LogP contribution < -0.4 is 4.74 Å². The van der Waals surface area contributed by atoms with E-state index in [1.807, 2.05) is 0 Å². The van der Waals surface area contributed by atoms with Crippen LogP contribution in [0.3, 0.4) is 0 Å². The Labute approximate surface area is 138 Å². The van der Waals surface area contributed by atoms with Gasteiger partial charge < -0.3 is 4.74 Å². The Bertz CT molecular complexity index is 689. The van der Waals surface area contributed by atoms with Crippen molar-refractivity contribution in [3.05, 3.63) is 41.5 Å². The molecule has 0 bridgehead atoms. The van der Waals surface area contributed by atoms with E-state index < -0.39 is 0 Å². The van der Waals surface area contributed by atoms with Crippen molar-refractivity contribution in [2.75, 3.05) is 7.11 Å². The van der Waals surface area contributed by atoms with E-state index in [0.29, 0.717) is 29.5 Å². The van der Waals surface area contributed by atoms with Gasteiger partial charge >= 0.3 is 0 Å². The molecule has 2 fully saturated rings. The number of fused-ring (bicyclic) bond motifs is 5. The predicted octanol–water partition coefficient (Wildman–Crippen LogP) is 4.53. The van der Waals surface area contributed by atoms with Crippen molar-refractivity contribution in [3.8, 4) is 5.75 Å². The van der Waals surface area contributed by atoms with E-state index in [1.165, 1.54) is 16.7 Å². The van der Waals surface area contributed by atoms with Crippen LogP contribution in [0.25, 0.3) is 0 Å². The second kappa shape index (κ2) is 4.96. The lowest BCUT2D eigenvalue weighted by Gasteiger charge is -2.52. The topological polar surface area (TPSA) is 26.3 Å². The SMILES string of the molecule is C=C1C[C@]2(C)C(=O)CC[C@H]2[C@@H]2C(C)Cc3cc(OC)ccc3[C@@H]12. The molecule has 0 amide bonds. The van der Waals surface area contributed by atoms with E-state index in [-0.39, 0.29) is 5.41 Å². The average molecular weight is 310 g/mol. The number of methoxy groups -OCH3 is 1. The van der Waals surface area contributed by atoms with Gasteiger partial charge in [0.05, 0.1) is 7.11 Å². The molecular formula is C21H26O2. The zero-order chi connectivity index (χ0) is 16.4. The molecule has 2 nitrogen and oxygen atoms in total. The first-order valence-electron chi connectivity index (χ1n) is 8.83. The van der Waals surface area contributed by atoms with Gasteiger partial charge in [-0.15, -0.1) is 0 Å². The molecular weight excluding hydrogens is 284 g/mol. The van der Waals surface area contributed by atoms with E-state index in [9.17, 15) is 4.79 Å². The molecule has 0 N–H and O–H groups in total. The predicted molar refractivity (Wildman–Crippen MR) is 91.7 cm³/mol. The summed E-state index contributed by atoms with van der Waals surface area (Å²) in [6.07, 6.45) is 3.79. The van der Waals surface area contributed by atoms with Gasteiger partial charge in [0, 0.05) is 17.8 Å². The van der Waals surface area contributed by atoms with Crippen LogP contribution in [-0.4, -0.2) is 12.9 Å². The second-order valence-corrected chi connectivity index (χ2v) is 8.12. The fourth-order valence-corrected chi connectivity index (χ4v) is 5.86. The molecule has 1 unspecified atom stereocenters. The van der Waals surface area contributed by atoms with Crippen molar-refractivity contribution in [1.82, 2.24) is 0 Å². The van der Waals surface area contributed by atoms with Gasteiger partial charge in [-0.25, -0.2) is 0 Å². The molecule has 0 aliphatic heterocycles. The highest BCUT2D eigenvalue weighted by molar-refractivity contribution is 5.87. The molecule has 23 heavy (non-hydrogen) atoms. The lowest BCUT2D eigenvalue weighted by atomic mass is 9.52. The minimum atomic E-state index is -0.156. The third kappa shape index (κ3) is 1.96. The van der Waals surface area contributed by atoms with Gasteiger partial charge in [-0.1, -0.05) is 32.1 Å². The number of carbonyl (C=O) groups excluding carboxylic acids is 1. The number of allylic oxidation sites excluding steroid dienone is 1. The highest BCUT2D eigenvalue weighted by atomic mass is 16.5. The summed E-state index contributed by atoms with van der Waals surface area (Å²) in [6, 6.07) is 6.51. The fourth-order valence-electron chi connectivity index (χ4n) is 5.86. The molecule has 0 heterocycles. The molecule has 0 radical (unpaired) electrons. The molecule has 3 aliphatic rings. The first-order valence-corrected chi connectivity index (χ1v) is 8.83. The number of carbonyl (C=O) groups is 1. The third-order valence-electron chi connectivity index (χ3n) is 6.91. The molecule has 2 heteroatoms. The number of hydrogen-bond acceptors (Lipinski definition) is 2. The van der Waals surface area contributed by atoms with Crippen molar-refractivity contribution >= 4 is 5.78 Å². The van der Waals surface area contributed by atoms with Crippen LogP contribution in [0.2, 0.25) is 0 Å². The van der Waals surface area contributed by atoms with Crippen LogP contribution in [-0.2, 0) is 11.2 Å². The molecule has 122 valence electrons. The van der Waals surface area contributed by atoms with Crippen LogP contribution in [0.15, 0.2) is 30.4 Å². The van der Waals surface area contributed by atoms with Gasteiger partial charge in [0.15, 0.2) is 0 Å². The molecule has 5 atom stereocenters. The first kappa shape index (κ1) is 15.0. The Balaban J connectivity index is 1.81. The summed E-state index contributed by atoms with van der Waals surface area (Å²) < 4.78 is 5.41. The number of ketones is 1. The van der Waals surface area contributed by atoms with E-state index in [2.05, 4.69) is 38.6 Å². The Hall–Kier alpha value is -1.57. The lowest BCUT2D eigenvalue weighted by molar-refractivity contribution is -0.128. The average Bonchev–Trinajstić information content (AvgIpc) is 2.81. The summed E-state index contributed by atoms with van der Waals surface area (Å²) in [5.74, 6) is 3.51. The third-order valence-corrected chi connectivity index (χ3v) is 6.91. The van der Waals surface area contributed by atoms with E-state index >= 15 is 0 Å². The maximum atomic E-state index is 12.5. The Kier molecular flexibility index (Phi) is 3.23. The molecule has 0 spiro atoms. The van der Waals surface area contributed by atoms with Crippen LogP contribution in [0.5, 0.6) is 5.75 Å². The molecule has 3 aliphatic carbocycles. The molecule has 4 rings (SSSR count). The summed E-state index contributed by atoms with van der Waals surface area (Å²) >= 11 is 0. The second-order valence-electron chi connectivity index (χ2n) is 8.12. The van der Waals surface area contributed by atoms with Gasteiger partial charge in [0.25, 0.3) is 0 Å². The smallest absolute Gasteiger partial charge is 0.139 e. The normalized spacial score (nSPS) is 38.7. The van der Waals surface area contributed by atoms with E-state index in [1.54, 1.807) is 7.11 Å². The number of ether oxygens (including phenoxy) is 1. The Morgan fingerprint density at radius 2 is 2.13 bits per heavy atom. The fraction of sp³-hybridized carbons (Fsp3) is 0.571. The van der Waals surface area contributed by atoms with Crippen molar-refractivity contribution < 1.29 is 9.53 Å². The van der Waals surface area contributed by atoms with Crippen molar-refractivity contribution in [1.29, 1.82) is 0 Å². The van der Waals surface area contributed by atoms with Gasteiger partial charge in [0.1, 0.15) is 11.5 Å². The molecule has 1 aromatic carbocycles. The number of rotatable bonds is 1. The molecule has 0 saturated heterocycles. The zero-order valence-electron chi connectivity index (χ0n) is 14.4. The minimum absolute atomic E-state index is 0.156. The number of hydrogen-bond donors (Lipinski definition) is 0. The van der Waals surface area contributed by atoms with Crippen molar-refractivity contribution in [3.63, 3.8) is 0 Å². The Morgan fingerprint density at radius 1 is 1.35 bits per heavy atom. The Morgan fingerprint density at radius 3 is 2.87 bits per heavy atom. The quantitative estimate of drug-likeness (QED) is 0.712. The van der Waals surface area contributed by atoms with Crippen LogP contribution >= 0.6 is 0 Å². The van der Waals surface area contributed by atoms with Gasteiger partial charge in [-0.3, -0.25) is 4.79 Å². The first-order chi connectivity index (χ1) is 11.0. The molecule has 0 aromatic heterocycles. The van der Waals surface area contributed by atoms with Crippen LogP contribution in [0.1, 0.15) is 50.2 Å². The summed E-state index contributed by atoms with van der Waals surface area (Å²) in [7, 11) is 1.73. The van der Waals surface area contributed by atoms with Crippen LogP contribution in [0.4, 0.5) is 0 Å². The van der Waals surface area contributed by atoms with Crippen molar-refractivity contribution in [2.45, 2.75) is 45.4 Å².